The fourth-order valence-corrected chi connectivity index (χ4v) is 3.18. The zero-order chi connectivity index (χ0) is 13.4. The number of rotatable bonds is 11. The lowest BCUT2D eigenvalue weighted by Crippen LogP contribution is -2.34. The molecule has 0 aliphatic heterocycles. The molecule has 108 valence electrons. The lowest BCUT2D eigenvalue weighted by molar-refractivity contribution is 0.198. The Morgan fingerprint density at radius 3 is 2.39 bits per heavy atom. The number of nitrogens with one attached hydrogen (secondary N) is 1. The van der Waals surface area contributed by atoms with Crippen LogP contribution in [0.15, 0.2) is 0 Å². The van der Waals surface area contributed by atoms with Gasteiger partial charge in [0.05, 0.1) is 0 Å². The summed E-state index contributed by atoms with van der Waals surface area (Å²) < 4.78 is 0. The van der Waals surface area contributed by atoms with E-state index in [0.717, 1.165) is 12.0 Å². The van der Waals surface area contributed by atoms with Gasteiger partial charge in [-0.3, -0.25) is 0 Å². The van der Waals surface area contributed by atoms with Gasteiger partial charge in [-0.2, -0.15) is 0 Å². The van der Waals surface area contributed by atoms with Crippen LogP contribution in [0, 0.1) is 11.3 Å². The van der Waals surface area contributed by atoms with Crippen molar-refractivity contribution in [2.75, 3.05) is 6.54 Å². The Morgan fingerprint density at radius 2 is 1.89 bits per heavy atom. The third kappa shape index (κ3) is 6.22. The van der Waals surface area contributed by atoms with Crippen LogP contribution in [0.2, 0.25) is 0 Å². The van der Waals surface area contributed by atoms with Crippen LogP contribution in [0.3, 0.4) is 0 Å². The average molecular weight is 253 g/mol. The number of hydrogen-bond donors (Lipinski definition) is 1. The molecule has 1 N–H and O–H groups in total. The molecule has 0 aromatic rings. The molecule has 0 aromatic heterocycles. The molecule has 0 amide bonds. The van der Waals surface area contributed by atoms with Crippen molar-refractivity contribution in [1.29, 1.82) is 0 Å². The maximum Gasteiger partial charge on any atom is 0.00684 e. The Bertz CT molecular complexity index is 210. The average Bonchev–Trinajstić information content (AvgIpc) is 3.16. The molecule has 0 radical (unpaired) electrons. The summed E-state index contributed by atoms with van der Waals surface area (Å²) in [4.78, 5) is 0. The van der Waals surface area contributed by atoms with Crippen LogP contribution in [0.5, 0.6) is 0 Å². The van der Waals surface area contributed by atoms with E-state index in [1.54, 1.807) is 0 Å². The molecule has 1 heteroatoms. The molecule has 1 nitrogen and oxygen atoms in total. The highest BCUT2D eigenvalue weighted by atomic mass is 15.0. The normalized spacial score (nSPS) is 20.7. The minimum atomic E-state index is 0.533. The van der Waals surface area contributed by atoms with Crippen LogP contribution >= 0.6 is 0 Å². The van der Waals surface area contributed by atoms with Crippen LogP contribution < -0.4 is 5.32 Å². The van der Waals surface area contributed by atoms with E-state index in [2.05, 4.69) is 33.0 Å². The summed E-state index contributed by atoms with van der Waals surface area (Å²) in [5, 5.41) is 3.77. The summed E-state index contributed by atoms with van der Waals surface area (Å²) in [5.41, 5.74) is 0.533. The van der Waals surface area contributed by atoms with Crippen LogP contribution in [0.25, 0.3) is 0 Å². The van der Waals surface area contributed by atoms with E-state index >= 15 is 0 Å². The second-order valence-electron chi connectivity index (χ2n) is 6.84. The first-order valence-corrected chi connectivity index (χ1v) is 8.37. The SMILES string of the molecule is CCCCC(CC)CC(C)(CCC)CNC1CC1. The van der Waals surface area contributed by atoms with Gasteiger partial charge in [-0.05, 0) is 37.0 Å². The molecule has 1 saturated carbocycles. The monoisotopic (exact) mass is 253 g/mol. The first kappa shape index (κ1) is 16.0. The van der Waals surface area contributed by atoms with Crippen molar-refractivity contribution in [1.82, 2.24) is 5.32 Å². The molecular weight excluding hydrogens is 218 g/mol. The number of unbranched alkanes of at least 4 members (excludes halogenated alkanes) is 1. The molecule has 0 saturated heterocycles. The molecule has 1 fully saturated rings. The van der Waals surface area contributed by atoms with Crippen LogP contribution in [-0.4, -0.2) is 12.6 Å². The van der Waals surface area contributed by atoms with E-state index in [1.165, 1.54) is 64.3 Å². The zero-order valence-corrected chi connectivity index (χ0v) is 13.2. The van der Waals surface area contributed by atoms with Crippen molar-refractivity contribution < 1.29 is 0 Å². The molecule has 2 atom stereocenters. The van der Waals surface area contributed by atoms with E-state index < -0.39 is 0 Å². The molecule has 1 rings (SSSR count). The maximum atomic E-state index is 3.77. The van der Waals surface area contributed by atoms with Gasteiger partial charge in [-0.15, -0.1) is 0 Å². The third-order valence-electron chi connectivity index (χ3n) is 4.57. The molecule has 0 spiro atoms. The second-order valence-corrected chi connectivity index (χ2v) is 6.84. The predicted octanol–water partition coefficient (Wildman–Crippen LogP) is 5.15. The fraction of sp³-hybridized carbons (Fsp3) is 1.00. The van der Waals surface area contributed by atoms with Gasteiger partial charge in [-0.25, -0.2) is 0 Å². The minimum absolute atomic E-state index is 0.533. The van der Waals surface area contributed by atoms with Gasteiger partial charge in [0, 0.05) is 12.6 Å². The van der Waals surface area contributed by atoms with Crippen molar-refractivity contribution in [2.45, 2.75) is 91.5 Å². The molecule has 2 unspecified atom stereocenters. The van der Waals surface area contributed by atoms with Gasteiger partial charge in [0.1, 0.15) is 0 Å². The molecule has 0 aromatic carbocycles. The van der Waals surface area contributed by atoms with Gasteiger partial charge >= 0.3 is 0 Å². The summed E-state index contributed by atoms with van der Waals surface area (Å²) >= 11 is 0. The van der Waals surface area contributed by atoms with Crippen molar-refractivity contribution in [3.8, 4) is 0 Å². The standard InChI is InChI=1S/C17H35N/c1-5-8-9-15(7-3)13-17(4,12-6-2)14-18-16-10-11-16/h15-16,18H,5-14H2,1-4H3. The first-order chi connectivity index (χ1) is 8.63. The quantitative estimate of drug-likeness (QED) is 0.537. The van der Waals surface area contributed by atoms with E-state index in [0.29, 0.717) is 5.41 Å². The number of hydrogen-bond acceptors (Lipinski definition) is 1. The lowest BCUT2D eigenvalue weighted by atomic mass is 9.75. The highest BCUT2D eigenvalue weighted by Crippen LogP contribution is 2.35. The molecule has 1 aliphatic carbocycles. The second kappa shape index (κ2) is 8.19. The van der Waals surface area contributed by atoms with E-state index in [1.807, 2.05) is 0 Å². The summed E-state index contributed by atoms with van der Waals surface area (Å²) in [5.74, 6) is 0.947. The minimum Gasteiger partial charge on any atom is -0.313 e. The van der Waals surface area contributed by atoms with Gasteiger partial charge in [0.2, 0.25) is 0 Å². The van der Waals surface area contributed by atoms with E-state index in [-0.39, 0.29) is 0 Å². The third-order valence-corrected chi connectivity index (χ3v) is 4.57. The zero-order valence-electron chi connectivity index (χ0n) is 13.2. The smallest absolute Gasteiger partial charge is 0.00684 e. The van der Waals surface area contributed by atoms with Crippen molar-refractivity contribution in [2.24, 2.45) is 11.3 Å². The van der Waals surface area contributed by atoms with Crippen LogP contribution in [-0.2, 0) is 0 Å². The Balaban J connectivity index is 2.40. The summed E-state index contributed by atoms with van der Waals surface area (Å²) in [6, 6.07) is 0.858. The van der Waals surface area contributed by atoms with Crippen LogP contribution in [0.1, 0.15) is 85.5 Å². The molecule has 1 aliphatic rings. The van der Waals surface area contributed by atoms with Gasteiger partial charge in [0.25, 0.3) is 0 Å². The lowest BCUT2D eigenvalue weighted by Gasteiger charge is -2.33. The Labute approximate surface area is 115 Å². The van der Waals surface area contributed by atoms with Crippen molar-refractivity contribution in [3.63, 3.8) is 0 Å². The van der Waals surface area contributed by atoms with Crippen molar-refractivity contribution >= 4 is 0 Å². The Hall–Kier alpha value is -0.0400. The molecular formula is C17H35N. The molecule has 0 bridgehead atoms. The van der Waals surface area contributed by atoms with E-state index in [9.17, 15) is 0 Å². The summed E-state index contributed by atoms with van der Waals surface area (Å²) in [6.45, 7) is 10.8. The van der Waals surface area contributed by atoms with Gasteiger partial charge < -0.3 is 5.32 Å². The van der Waals surface area contributed by atoms with E-state index in [4.69, 9.17) is 0 Å². The maximum absolute atomic E-state index is 3.77. The summed E-state index contributed by atoms with van der Waals surface area (Å²) in [7, 11) is 0. The first-order valence-electron chi connectivity index (χ1n) is 8.37. The van der Waals surface area contributed by atoms with Crippen molar-refractivity contribution in [3.05, 3.63) is 0 Å². The summed E-state index contributed by atoms with van der Waals surface area (Å²) in [6.07, 6.45) is 12.5. The van der Waals surface area contributed by atoms with Gasteiger partial charge in [0.15, 0.2) is 0 Å². The Kier molecular flexibility index (Phi) is 7.29. The predicted molar refractivity (Wildman–Crippen MR) is 82.0 cm³/mol. The van der Waals surface area contributed by atoms with Crippen LogP contribution in [0.4, 0.5) is 0 Å². The van der Waals surface area contributed by atoms with Gasteiger partial charge in [-0.1, -0.05) is 59.8 Å². The highest BCUT2D eigenvalue weighted by molar-refractivity contribution is 4.86. The topological polar surface area (TPSA) is 12.0 Å². The fourth-order valence-electron chi connectivity index (χ4n) is 3.18. The molecule has 0 heterocycles. The largest absolute Gasteiger partial charge is 0.313 e. The molecule has 18 heavy (non-hydrogen) atoms. The Morgan fingerprint density at radius 1 is 1.17 bits per heavy atom. The highest BCUT2D eigenvalue weighted by Gasteiger charge is 2.29.